The van der Waals surface area contributed by atoms with E-state index in [1.807, 2.05) is 24.3 Å². The van der Waals surface area contributed by atoms with Crippen LogP contribution in [0.3, 0.4) is 0 Å². The summed E-state index contributed by atoms with van der Waals surface area (Å²) in [5.41, 5.74) is 15.6. The van der Waals surface area contributed by atoms with Crippen molar-refractivity contribution in [2.75, 3.05) is 5.73 Å². The van der Waals surface area contributed by atoms with Gasteiger partial charge < -0.3 is 16.2 Å². The van der Waals surface area contributed by atoms with E-state index in [9.17, 15) is 9.18 Å². The van der Waals surface area contributed by atoms with Crippen molar-refractivity contribution in [1.82, 2.24) is 19.9 Å². The van der Waals surface area contributed by atoms with Gasteiger partial charge in [0, 0.05) is 23.0 Å². The van der Waals surface area contributed by atoms with Crippen molar-refractivity contribution < 1.29 is 13.9 Å². The molecule has 2 aromatic heterocycles. The van der Waals surface area contributed by atoms with E-state index in [4.69, 9.17) is 16.2 Å². The Morgan fingerprint density at radius 1 is 1.03 bits per heavy atom. The Bertz CT molecular complexity index is 1400. The molecule has 0 bridgehead atoms. The molecule has 170 valence electrons. The highest BCUT2D eigenvalue weighted by Crippen LogP contribution is 2.36. The summed E-state index contributed by atoms with van der Waals surface area (Å²) >= 11 is 0. The van der Waals surface area contributed by atoms with Crippen LogP contribution < -0.4 is 16.2 Å². The van der Waals surface area contributed by atoms with Crippen molar-refractivity contribution >= 4 is 17.8 Å². The second kappa shape index (κ2) is 9.45. The molecule has 0 fully saturated rings. The van der Waals surface area contributed by atoms with Crippen LogP contribution in [0.1, 0.15) is 18.2 Å². The Morgan fingerprint density at radius 3 is 2.44 bits per heavy atom. The first kappa shape index (κ1) is 22.5. The van der Waals surface area contributed by atoms with Crippen LogP contribution in [0.2, 0.25) is 0 Å². The summed E-state index contributed by atoms with van der Waals surface area (Å²) in [5, 5.41) is 0. The van der Waals surface area contributed by atoms with E-state index in [0.717, 1.165) is 11.1 Å². The van der Waals surface area contributed by atoms with Gasteiger partial charge in [-0.05, 0) is 49.2 Å². The Balaban J connectivity index is 1.69. The van der Waals surface area contributed by atoms with Gasteiger partial charge in [0.1, 0.15) is 12.1 Å². The Morgan fingerprint density at radius 2 is 1.76 bits per heavy atom. The SMILES string of the molecule is CC(=Cc1ccc(-c2ncnc(N)c2-c2ccc(Oc3nccc(C)n3)c(F)c2)cc1)C(N)=O. The molecule has 1 amide bonds. The Kier molecular flexibility index (Phi) is 6.26. The van der Waals surface area contributed by atoms with Gasteiger partial charge in [-0.3, -0.25) is 4.79 Å². The highest BCUT2D eigenvalue weighted by atomic mass is 19.1. The first-order chi connectivity index (χ1) is 16.3. The maximum Gasteiger partial charge on any atom is 0.322 e. The van der Waals surface area contributed by atoms with E-state index in [2.05, 4.69) is 19.9 Å². The summed E-state index contributed by atoms with van der Waals surface area (Å²) in [6, 6.07) is 13.5. The van der Waals surface area contributed by atoms with Crippen LogP contribution >= 0.6 is 0 Å². The van der Waals surface area contributed by atoms with Gasteiger partial charge in [-0.2, -0.15) is 0 Å². The van der Waals surface area contributed by atoms with Crippen LogP contribution in [-0.2, 0) is 4.79 Å². The highest BCUT2D eigenvalue weighted by molar-refractivity contribution is 5.96. The maximum atomic E-state index is 14.9. The predicted octanol–water partition coefficient (Wildman–Crippen LogP) is 4.31. The minimum atomic E-state index is -0.612. The van der Waals surface area contributed by atoms with E-state index in [1.165, 1.54) is 24.7 Å². The zero-order chi connectivity index (χ0) is 24.2. The fraction of sp³-hybridized carbons (Fsp3) is 0.0800. The molecule has 0 aliphatic heterocycles. The van der Waals surface area contributed by atoms with Gasteiger partial charge in [0.2, 0.25) is 5.91 Å². The summed E-state index contributed by atoms with van der Waals surface area (Å²) in [6.45, 7) is 3.43. The minimum Gasteiger partial charge on any atom is -0.421 e. The molecule has 4 rings (SSSR count). The standard InChI is InChI=1S/C25H21FN6O2/c1-14(24(28)33)11-16-3-5-17(6-4-16)22-21(23(27)31-13-30-22)18-7-8-20(19(26)12-18)34-25-29-10-9-15(2)32-25/h3-13H,1-2H3,(H2,28,33)(H2,27,30,31). The molecular formula is C25H21FN6O2. The molecule has 0 spiro atoms. The molecule has 2 aromatic carbocycles. The maximum absolute atomic E-state index is 14.9. The molecule has 0 atom stereocenters. The number of nitrogen functional groups attached to an aromatic ring is 1. The van der Waals surface area contributed by atoms with Gasteiger partial charge in [0.05, 0.1) is 11.3 Å². The van der Waals surface area contributed by atoms with Crippen LogP contribution in [0.25, 0.3) is 28.5 Å². The number of carbonyl (C=O) groups is 1. The number of aromatic nitrogens is 4. The second-order valence-corrected chi connectivity index (χ2v) is 7.52. The van der Waals surface area contributed by atoms with Crippen LogP contribution in [0.4, 0.5) is 10.2 Å². The molecule has 2 heterocycles. The zero-order valence-electron chi connectivity index (χ0n) is 18.5. The average molecular weight is 456 g/mol. The number of anilines is 1. The lowest BCUT2D eigenvalue weighted by Gasteiger charge is -2.13. The number of halogens is 1. The van der Waals surface area contributed by atoms with Crippen LogP contribution in [-0.4, -0.2) is 25.8 Å². The third-order valence-electron chi connectivity index (χ3n) is 5.03. The molecule has 0 unspecified atom stereocenters. The van der Waals surface area contributed by atoms with Crippen molar-refractivity contribution in [2.45, 2.75) is 13.8 Å². The van der Waals surface area contributed by atoms with Gasteiger partial charge >= 0.3 is 6.01 Å². The molecule has 8 nitrogen and oxygen atoms in total. The molecule has 4 aromatic rings. The number of primary amides is 1. The zero-order valence-corrected chi connectivity index (χ0v) is 18.5. The van der Waals surface area contributed by atoms with E-state index in [0.29, 0.717) is 28.1 Å². The summed E-state index contributed by atoms with van der Waals surface area (Å²) in [6.07, 6.45) is 4.57. The Hall–Kier alpha value is -4.66. The second-order valence-electron chi connectivity index (χ2n) is 7.52. The number of hydrogen-bond donors (Lipinski definition) is 2. The lowest BCUT2D eigenvalue weighted by molar-refractivity contribution is -0.114. The van der Waals surface area contributed by atoms with E-state index < -0.39 is 11.7 Å². The lowest BCUT2D eigenvalue weighted by Crippen LogP contribution is -2.11. The summed E-state index contributed by atoms with van der Waals surface area (Å²) in [5.74, 6) is -0.918. The van der Waals surface area contributed by atoms with E-state index >= 15 is 0 Å². The van der Waals surface area contributed by atoms with Crippen molar-refractivity contribution in [3.05, 3.63) is 83.7 Å². The largest absolute Gasteiger partial charge is 0.421 e. The number of carbonyl (C=O) groups excluding carboxylic acids is 1. The van der Waals surface area contributed by atoms with Crippen molar-refractivity contribution in [3.8, 4) is 34.1 Å². The fourth-order valence-electron chi connectivity index (χ4n) is 3.27. The van der Waals surface area contributed by atoms with Crippen LogP contribution in [0.5, 0.6) is 11.8 Å². The smallest absolute Gasteiger partial charge is 0.322 e. The number of nitrogens with zero attached hydrogens (tertiary/aromatic N) is 4. The highest BCUT2D eigenvalue weighted by Gasteiger charge is 2.16. The molecule has 0 aliphatic carbocycles. The van der Waals surface area contributed by atoms with Gasteiger partial charge in [-0.1, -0.05) is 30.3 Å². The molecule has 4 N–H and O–H groups in total. The number of hydrogen-bond acceptors (Lipinski definition) is 7. The number of nitrogens with two attached hydrogens (primary N) is 2. The summed E-state index contributed by atoms with van der Waals surface area (Å²) in [4.78, 5) is 27.8. The van der Waals surface area contributed by atoms with Crippen molar-refractivity contribution in [1.29, 1.82) is 0 Å². The molecule has 0 aliphatic rings. The summed E-state index contributed by atoms with van der Waals surface area (Å²) < 4.78 is 20.4. The van der Waals surface area contributed by atoms with Gasteiger partial charge in [0.15, 0.2) is 11.6 Å². The lowest BCUT2D eigenvalue weighted by atomic mass is 9.98. The van der Waals surface area contributed by atoms with Gasteiger partial charge in [0.25, 0.3) is 0 Å². The van der Waals surface area contributed by atoms with E-state index in [-0.39, 0.29) is 17.6 Å². The van der Waals surface area contributed by atoms with Crippen molar-refractivity contribution in [3.63, 3.8) is 0 Å². The molecule has 9 heteroatoms. The molecule has 0 saturated heterocycles. The molecule has 0 saturated carbocycles. The minimum absolute atomic E-state index is 0.0210. The first-order valence-corrected chi connectivity index (χ1v) is 10.3. The normalized spacial score (nSPS) is 11.3. The third kappa shape index (κ3) is 4.88. The van der Waals surface area contributed by atoms with Crippen molar-refractivity contribution in [2.24, 2.45) is 5.73 Å². The molecule has 0 radical (unpaired) electrons. The average Bonchev–Trinajstić information content (AvgIpc) is 2.81. The summed E-state index contributed by atoms with van der Waals surface area (Å²) in [7, 11) is 0. The number of amides is 1. The molecular weight excluding hydrogens is 435 g/mol. The van der Waals surface area contributed by atoms with Gasteiger partial charge in [-0.15, -0.1) is 0 Å². The number of benzene rings is 2. The number of aryl methyl sites for hydroxylation is 1. The topological polar surface area (TPSA) is 130 Å². The first-order valence-electron chi connectivity index (χ1n) is 10.3. The van der Waals surface area contributed by atoms with Crippen LogP contribution in [0, 0.1) is 12.7 Å². The predicted molar refractivity (Wildman–Crippen MR) is 127 cm³/mol. The Labute approximate surface area is 195 Å². The third-order valence-corrected chi connectivity index (χ3v) is 5.03. The monoisotopic (exact) mass is 456 g/mol. The fourth-order valence-corrected chi connectivity index (χ4v) is 3.27. The van der Waals surface area contributed by atoms with E-state index in [1.54, 1.807) is 32.1 Å². The number of rotatable bonds is 6. The van der Waals surface area contributed by atoms with Crippen LogP contribution in [0.15, 0.2) is 66.6 Å². The van der Waals surface area contributed by atoms with Gasteiger partial charge in [-0.25, -0.2) is 24.3 Å². The number of ether oxygens (including phenoxy) is 1. The molecule has 34 heavy (non-hydrogen) atoms. The quantitative estimate of drug-likeness (QED) is 0.413.